The summed E-state index contributed by atoms with van der Waals surface area (Å²) in [5.41, 5.74) is 24.0. The van der Waals surface area contributed by atoms with E-state index in [-0.39, 0.29) is 49.0 Å². The fraction of sp³-hybridized carbons (Fsp3) is 0.675. The Kier molecular flexibility index (Phi) is 17.9. The van der Waals surface area contributed by atoms with Crippen molar-refractivity contribution in [1.29, 1.82) is 0 Å². The molecule has 6 amide bonds. The second-order valence-electron chi connectivity index (χ2n) is 16.2. The number of rotatable bonds is 20. The normalized spacial score (nSPS) is 18.1. The first-order valence-corrected chi connectivity index (χ1v) is 20.2. The zero-order chi connectivity index (χ0) is 41.5. The van der Waals surface area contributed by atoms with Crippen LogP contribution in [-0.4, -0.2) is 101 Å². The first-order valence-electron chi connectivity index (χ1n) is 20.2. The predicted molar refractivity (Wildman–Crippen MR) is 216 cm³/mol. The molecule has 1 aromatic rings. The van der Waals surface area contributed by atoms with Gasteiger partial charge in [0.2, 0.25) is 35.4 Å². The Hall–Kier alpha value is -4.89. The van der Waals surface area contributed by atoms with Crippen molar-refractivity contribution in [3.63, 3.8) is 0 Å². The Morgan fingerprint density at radius 3 is 2.04 bits per heavy atom. The monoisotopic (exact) mass is 783 g/mol. The Morgan fingerprint density at radius 1 is 0.821 bits per heavy atom. The molecule has 3 rings (SSSR count). The molecule has 1 aromatic carbocycles. The van der Waals surface area contributed by atoms with Crippen molar-refractivity contribution >= 4 is 47.1 Å². The van der Waals surface area contributed by atoms with Crippen LogP contribution in [0.1, 0.15) is 104 Å². The highest BCUT2D eigenvalue weighted by atomic mass is 16.2. The van der Waals surface area contributed by atoms with Gasteiger partial charge in [0, 0.05) is 38.7 Å². The predicted octanol–water partition coefficient (Wildman–Crippen LogP) is 1.30. The Bertz CT molecular complexity index is 1520. The van der Waals surface area contributed by atoms with Gasteiger partial charge in [0.1, 0.15) is 30.2 Å². The Labute approximate surface area is 331 Å². The number of hydrogen-bond donors (Lipinski definition) is 7. The average molecular weight is 783 g/mol. The van der Waals surface area contributed by atoms with Gasteiger partial charge in [-0.15, -0.1) is 0 Å². The van der Waals surface area contributed by atoms with Crippen molar-refractivity contribution in [3.8, 4) is 0 Å². The minimum atomic E-state index is -1.12. The first kappa shape index (κ1) is 45.5. The number of benzene rings is 1. The van der Waals surface area contributed by atoms with Crippen LogP contribution in [0.15, 0.2) is 29.3 Å². The van der Waals surface area contributed by atoms with E-state index in [0.717, 1.165) is 24.8 Å². The van der Waals surface area contributed by atoms with E-state index in [1.165, 1.54) is 11.8 Å². The second kappa shape index (κ2) is 22.0. The molecule has 1 aliphatic carbocycles. The molecule has 0 spiro atoms. The van der Waals surface area contributed by atoms with Gasteiger partial charge in [-0.05, 0) is 80.4 Å². The number of likely N-dealkylation sites (tertiary alicyclic amines) is 1. The molecule has 1 saturated carbocycles. The summed E-state index contributed by atoms with van der Waals surface area (Å²) in [5, 5.41) is 8.81. The smallest absolute Gasteiger partial charge is 0.245 e. The third-order valence-electron chi connectivity index (χ3n) is 10.5. The van der Waals surface area contributed by atoms with E-state index in [1.54, 1.807) is 17.0 Å². The van der Waals surface area contributed by atoms with Crippen LogP contribution < -0.4 is 38.9 Å². The van der Waals surface area contributed by atoms with Gasteiger partial charge in [-0.1, -0.05) is 59.1 Å². The number of aliphatic imine (C=N–C) groups is 1. The van der Waals surface area contributed by atoms with Crippen molar-refractivity contribution in [2.75, 3.05) is 25.4 Å². The summed E-state index contributed by atoms with van der Waals surface area (Å²) in [6, 6.07) is 2.33. The van der Waals surface area contributed by atoms with Crippen molar-refractivity contribution in [2.45, 2.75) is 135 Å². The lowest BCUT2D eigenvalue weighted by Gasteiger charge is -2.35. The van der Waals surface area contributed by atoms with E-state index >= 15 is 0 Å². The summed E-state index contributed by atoms with van der Waals surface area (Å²) in [6.45, 7) is 10.1. The maximum absolute atomic E-state index is 14.5. The molecule has 5 atom stereocenters. The highest BCUT2D eigenvalue weighted by molar-refractivity contribution is 5.96. The molecular weight excluding hydrogens is 717 g/mol. The third kappa shape index (κ3) is 14.0. The highest BCUT2D eigenvalue weighted by Crippen LogP contribution is 2.28. The number of anilines is 1. The minimum absolute atomic E-state index is 0.00568. The van der Waals surface area contributed by atoms with Gasteiger partial charge < -0.3 is 48.7 Å². The minimum Gasteiger partial charge on any atom is -0.399 e. The number of nitrogen functional groups attached to an aromatic ring is 1. The number of hydrogen-bond acceptors (Lipinski definition) is 8. The van der Waals surface area contributed by atoms with Crippen LogP contribution in [0.2, 0.25) is 0 Å². The zero-order valence-electron chi connectivity index (χ0n) is 33.9. The van der Waals surface area contributed by atoms with Crippen LogP contribution in [0.3, 0.4) is 0 Å². The largest absolute Gasteiger partial charge is 0.399 e. The maximum Gasteiger partial charge on any atom is 0.245 e. The van der Waals surface area contributed by atoms with Gasteiger partial charge in [0.25, 0.3) is 0 Å². The summed E-state index contributed by atoms with van der Waals surface area (Å²) in [7, 11) is 0. The molecular formula is C40H66N10O6. The SMILES string of the molecule is CC(=O)N(CC(C)C)[C@@H](Cc1ccc(N)cc1)C(=O)N[C@H](C(=O)N[C@@H](CCCN=C(N)N)C(=O)N[C@@H](CC(C)C)C(=O)N1CCC[C@H]1C(N)=O)C1CCCCC1. The fourth-order valence-electron chi connectivity index (χ4n) is 7.73. The summed E-state index contributed by atoms with van der Waals surface area (Å²) in [4.78, 5) is 89.0. The van der Waals surface area contributed by atoms with Crippen LogP contribution in [0.4, 0.5) is 5.69 Å². The number of carbonyl (C=O) groups is 6. The molecule has 0 radical (unpaired) electrons. The van der Waals surface area contributed by atoms with Crippen molar-refractivity contribution in [3.05, 3.63) is 29.8 Å². The van der Waals surface area contributed by atoms with E-state index in [1.807, 2.05) is 39.8 Å². The number of nitrogens with zero attached hydrogens (tertiary/aromatic N) is 3. The molecule has 56 heavy (non-hydrogen) atoms. The molecule has 16 nitrogen and oxygen atoms in total. The molecule has 1 aliphatic heterocycles. The standard InChI is InChI=1S/C40H66N10O6/c1-24(2)21-31(39(56)49-20-10-14-32(49)35(42)52)47-36(53)30(13-9-19-45-40(43)44)46-38(55)34(28-11-7-6-8-12-28)48-37(54)33(50(26(5)51)23-25(3)4)22-27-15-17-29(41)18-16-27/h15-18,24-25,28,30-34H,6-14,19-23,41H2,1-5H3,(H2,42,52)(H,46,55)(H,47,53)(H,48,54)(H4,43,44,45)/t30-,31-,32-,33-,34-/m0/s1. The lowest BCUT2D eigenvalue weighted by molar-refractivity contribution is -0.142. The highest BCUT2D eigenvalue weighted by Gasteiger charge is 2.40. The number of guanidine groups is 1. The third-order valence-corrected chi connectivity index (χ3v) is 10.5. The van der Waals surface area contributed by atoms with Crippen molar-refractivity contribution < 1.29 is 28.8 Å². The van der Waals surface area contributed by atoms with Crippen LogP contribution in [-0.2, 0) is 35.2 Å². The van der Waals surface area contributed by atoms with Crippen LogP contribution in [0, 0.1) is 17.8 Å². The number of primary amides is 1. The van der Waals surface area contributed by atoms with Crippen LogP contribution in [0.5, 0.6) is 0 Å². The molecule has 2 aliphatic rings. The van der Waals surface area contributed by atoms with Gasteiger partial charge in [-0.3, -0.25) is 33.8 Å². The maximum atomic E-state index is 14.5. The Balaban J connectivity index is 1.94. The zero-order valence-corrected chi connectivity index (χ0v) is 33.9. The molecule has 1 saturated heterocycles. The lowest BCUT2D eigenvalue weighted by atomic mass is 9.83. The Morgan fingerprint density at radius 2 is 1.46 bits per heavy atom. The number of nitrogens with two attached hydrogens (primary N) is 4. The van der Waals surface area contributed by atoms with E-state index in [0.29, 0.717) is 57.3 Å². The van der Waals surface area contributed by atoms with Crippen LogP contribution >= 0.6 is 0 Å². The molecule has 16 heteroatoms. The first-order chi connectivity index (χ1) is 26.5. The van der Waals surface area contributed by atoms with Crippen molar-refractivity contribution in [2.24, 2.45) is 39.9 Å². The molecule has 0 bridgehead atoms. The fourth-order valence-corrected chi connectivity index (χ4v) is 7.73. The van der Waals surface area contributed by atoms with Gasteiger partial charge >= 0.3 is 0 Å². The van der Waals surface area contributed by atoms with Gasteiger partial charge in [-0.25, -0.2) is 0 Å². The van der Waals surface area contributed by atoms with Gasteiger partial charge in [-0.2, -0.15) is 0 Å². The molecule has 2 fully saturated rings. The van der Waals surface area contributed by atoms with Crippen molar-refractivity contribution in [1.82, 2.24) is 25.8 Å². The molecule has 0 unspecified atom stereocenters. The lowest BCUT2D eigenvalue weighted by Crippen LogP contribution is -2.61. The number of amides is 6. The molecule has 1 heterocycles. The van der Waals surface area contributed by atoms with E-state index in [2.05, 4.69) is 20.9 Å². The van der Waals surface area contributed by atoms with Gasteiger partial charge in [0.05, 0.1) is 0 Å². The number of nitrogens with one attached hydrogen (secondary N) is 3. The van der Waals surface area contributed by atoms with E-state index in [4.69, 9.17) is 22.9 Å². The summed E-state index contributed by atoms with van der Waals surface area (Å²) in [5.74, 6) is -3.15. The topological polar surface area (TPSA) is 261 Å². The quantitative estimate of drug-likeness (QED) is 0.0435. The summed E-state index contributed by atoms with van der Waals surface area (Å²) in [6.07, 6.45) is 6.12. The van der Waals surface area contributed by atoms with E-state index in [9.17, 15) is 28.8 Å². The average Bonchev–Trinajstić information content (AvgIpc) is 3.64. The summed E-state index contributed by atoms with van der Waals surface area (Å²) < 4.78 is 0. The van der Waals surface area contributed by atoms with Gasteiger partial charge in [0.15, 0.2) is 5.96 Å². The summed E-state index contributed by atoms with van der Waals surface area (Å²) >= 11 is 0. The van der Waals surface area contributed by atoms with Crippen LogP contribution in [0.25, 0.3) is 0 Å². The molecule has 11 N–H and O–H groups in total. The number of carbonyl (C=O) groups excluding carboxylic acids is 6. The molecule has 0 aromatic heterocycles. The molecule has 312 valence electrons. The second-order valence-corrected chi connectivity index (χ2v) is 16.2. The van der Waals surface area contributed by atoms with E-state index < -0.39 is 59.7 Å².